The molecule has 0 bridgehead atoms. The zero-order valence-electron chi connectivity index (χ0n) is 25.3. The number of fused-ring (bicyclic) bond motifs is 3. The minimum Gasteiger partial charge on any atom is -0.495 e. The average Bonchev–Trinajstić information content (AvgIpc) is 3.70. The van der Waals surface area contributed by atoms with Crippen LogP contribution in [0.15, 0.2) is 66.9 Å². The Morgan fingerprint density at radius 2 is 1.68 bits per heavy atom. The highest BCUT2D eigenvalue weighted by molar-refractivity contribution is 6.32. The number of ether oxygens (including phenoxy) is 2. The molecule has 14 heteroatoms. The number of rotatable bonds is 7. The van der Waals surface area contributed by atoms with Crippen LogP contribution in [0, 0.1) is 11.3 Å². The lowest BCUT2D eigenvalue weighted by Crippen LogP contribution is -2.51. The van der Waals surface area contributed by atoms with E-state index < -0.39 is 29.8 Å². The summed E-state index contributed by atoms with van der Waals surface area (Å²) in [5.41, 5.74) is 0.150. The smallest absolute Gasteiger partial charge is 0.298 e. The number of nitriles is 1. The number of hydrogen-bond donors (Lipinski definition) is 1. The largest absolute Gasteiger partial charge is 0.495 e. The zero-order valence-corrected chi connectivity index (χ0v) is 26.1. The van der Waals surface area contributed by atoms with Crippen molar-refractivity contribution in [1.29, 1.82) is 5.26 Å². The van der Waals surface area contributed by atoms with E-state index in [1.165, 1.54) is 97.6 Å². The molecule has 1 aromatic heterocycles. The van der Waals surface area contributed by atoms with Gasteiger partial charge in [0.2, 0.25) is 5.91 Å². The monoisotopic (exact) mass is 660 g/mol. The van der Waals surface area contributed by atoms with Gasteiger partial charge in [-0.05, 0) is 42.5 Å². The lowest BCUT2D eigenvalue weighted by molar-refractivity contribution is -0.127. The molecule has 2 atom stereocenters. The van der Waals surface area contributed by atoms with Crippen molar-refractivity contribution < 1.29 is 32.6 Å². The number of carbonyl (C=O) groups excluding carboxylic acids is 3. The van der Waals surface area contributed by atoms with Crippen molar-refractivity contribution in [2.24, 2.45) is 0 Å². The molecule has 2 aliphatic heterocycles. The predicted molar refractivity (Wildman–Crippen MR) is 167 cm³/mol. The van der Waals surface area contributed by atoms with Crippen LogP contribution < -0.4 is 19.7 Å². The summed E-state index contributed by atoms with van der Waals surface area (Å²) in [6, 6.07) is 14.3. The molecule has 4 aromatic rings. The fraction of sp³-hybridized carbons (Fsp3) is 0.242. The minimum atomic E-state index is -3.41. The molecule has 3 amide bonds. The molecule has 0 spiro atoms. The maximum atomic E-state index is 15.6. The van der Waals surface area contributed by atoms with Gasteiger partial charge < -0.3 is 19.7 Å². The fourth-order valence-corrected chi connectivity index (χ4v) is 6.19. The number of aromatic nitrogens is 2. The number of halogens is 3. The molecule has 3 aromatic carbocycles. The van der Waals surface area contributed by atoms with Crippen molar-refractivity contribution in [3.8, 4) is 17.6 Å². The summed E-state index contributed by atoms with van der Waals surface area (Å²) in [6.45, 7) is 1.86. The van der Waals surface area contributed by atoms with Crippen molar-refractivity contribution in [2.45, 2.75) is 24.9 Å². The van der Waals surface area contributed by atoms with Crippen LogP contribution in [0.5, 0.6) is 11.5 Å². The van der Waals surface area contributed by atoms with E-state index in [4.69, 9.17) is 21.1 Å². The molecule has 3 heterocycles. The van der Waals surface area contributed by atoms with Gasteiger partial charge in [-0.1, -0.05) is 29.8 Å². The highest BCUT2D eigenvalue weighted by atomic mass is 35.5. The predicted octanol–water partition coefficient (Wildman–Crippen LogP) is 5.25. The lowest BCUT2D eigenvalue weighted by Gasteiger charge is -2.37. The molecule has 0 radical (unpaired) electrons. The van der Waals surface area contributed by atoms with Gasteiger partial charge in [-0.25, -0.2) is 0 Å². The lowest BCUT2D eigenvalue weighted by atomic mass is 9.98. The van der Waals surface area contributed by atoms with E-state index >= 15 is 8.78 Å². The van der Waals surface area contributed by atoms with E-state index in [2.05, 4.69) is 10.4 Å². The third-order valence-corrected chi connectivity index (χ3v) is 8.73. The normalized spacial score (nSPS) is 17.1. The summed E-state index contributed by atoms with van der Waals surface area (Å²) in [7, 11) is 2.75. The number of nitrogens with one attached hydrogen (secondary N) is 1. The average molecular weight is 661 g/mol. The van der Waals surface area contributed by atoms with E-state index in [-0.39, 0.29) is 63.4 Å². The van der Waals surface area contributed by atoms with E-state index in [9.17, 15) is 19.6 Å². The summed E-state index contributed by atoms with van der Waals surface area (Å²) in [5, 5.41) is 16.8. The van der Waals surface area contributed by atoms with Crippen LogP contribution in [0.1, 0.15) is 50.5 Å². The topological polar surface area (TPSA) is 130 Å². The molecule has 2 aliphatic rings. The third-order valence-electron chi connectivity index (χ3n) is 8.42. The van der Waals surface area contributed by atoms with Gasteiger partial charge in [-0.3, -0.25) is 24.0 Å². The molecular weight excluding hydrogens is 634 g/mol. The van der Waals surface area contributed by atoms with Crippen LogP contribution in [0.4, 0.5) is 20.2 Å². The number of amides is 3. The Bertz CT molecular complexity index is 1960. The van der Waals surface area contributed by atoms with Crippen molar-refractivity contribution >= 4 is 40.7 Å². The Hall–Kier alpha value is -5.48. The van der Waals surface area contributed by atoms with Crippen LogP contribution in [-0.2, 0) is 10.7 Å². The van der Waals surface area contributed by atoms with E-state index in [1.807, 2.05) is 6.07 Å². The Morgan fingerprint density at radius 1 is 1.00 bits per heavy atom. The van der Waals surface area contributed by atoms with Crippen LogP contribution in [-0.4, -0.2) is 65.8 Å². The molecule has 0 unspecified atom stereocenters. The third kappa shape index (κ3) is 5.40. The van der Waals surface area contributed by atoms with Gasteiger partial charge in [-0.2, -0.15) is 19.1 Å². The van der Waals surface area contributed by atoms with Crippen LogP contribution in [0.3, 0.4) is 0 Å². The molecule has 0 aliphatic carbocycles. The van der Waals surface area contributed by atoms with Gasteiger partial charge in [0.1, 0.15) is 17.6 Å². The molecule has 1 saturated heterocycles. The van der Waals surface area contributed by atoms with Gasteiger partial charge in [0.05, 0.1) is 48.8 Å². The first-order valence-corrected chi connectivity index (χ1v) is 14.7. The van der Waals surface area contributed by atoms with E-state index in [0.29, 0.717) is 11.4 Å². The molecule has 11 nitrogen and oxygen atoms in total. The van der Waals surface area contributed by atoms with Gasteiger partial charge in [0, 0.05) is 42.4 Å². The second-order valence-corrected chi connectivity index (χ2v) is 11.4. The number of alkyl halides is 2. The van der Waals surface area contributed by atoms with Crippen LogP contribution in [0.25, 0.3) is 0 Å². The molecule has 1 N–H and O–H groups in total. The molecule has 240 valence electrons. The summed E-state index contributed by atoms with van der Waals surface area (Å²) >= 11 is 6.03. The van der Waals surface area contributed by atoms with E-state index in [0.717, 1.165) is 0 Å². The fourth-order valence-electron chi connectivity index (χ4n) is 6.00. The second-order valence-electron chi connectivity index (χ2n) is 11.0. The molecule has 1 fully saturated rings. The van der Waals surface area contributed by atoms with Crippen molar-refractivity contribution in [3.05, 3.63) is 99.8 Å². The molecule has 6 rings (SSSR count). The summed E-state index contributed by atoms with van der Waals surface area (Å²) in [4.78, 5) is 42.9. The maximum absolute atomic E-state index is 15.6. The van der Waals surface area contributed by atoms with Crippen LogP contribution >= 0.6 is 11.6 Å². The number of likely N-dealkylation sites (tertiary alicyclic amines) is 1. The minimum absolute atomic E-state index is 0.0571. The second kappa shape index (κ2) is 12.0. The number of hydrogen-bond acceptors (Lipinski definition) is 7. The number of methoxy groups -OCH3 is 2. The Balaban J connectivity index is 1.35. The first kappa shape index (κ1) is 31.5. The van der Waals surface area contributed by atoms with Gasteiger partial charge >= 0.3 is 0 Å². The number of carbonyl (C=O) groups is 3. The van der Waals surface area contributed by atoms with Crippen LogP contribution in [0.2, 0.25) is 5.02 Å². The first-order valence-electron chi connectivity index (χ1n) is 14.4. The maximum Gasteiger partial charge on any atom is 0.298 e. The molecule has 47 heavy (non-hydrogen) atoms. The summed E-state index contributed by atoms with van der Waals surface area (Å²) < 4.78 is 43.0. The first-order chi connectivity index (χ1) is 22.5. The summed E-state index contributed by atoms with van der Waals surface area (Å²) in [5.74, 6) is -4.33. The number of benzene rings is 3. The van der Waals surface area contributed by atoms with Gasteiger partial charge in [0.25, 0.3) is 17.7 Å². The summed E-state index contributed by atoms with van der Waals surface area (Å²) in [6.07, 6.45) is 1.35. The van der Waals surface area contributed by atoms with Crippen molar-refractivity contribution in [1.82, 2.24) is 14.7 Å². The van der Waals surface area contributed by atoms with Crippen molar-refractivity contribution in [3.63, 3.8) is 0 Å². The number of nitrogens with zero attached hydrogens (tertiary/aromatic N) is 5. The highest BCUT2D eigenvalue weighted by Crippen LogP contribution is 2.42. The Labute approximate surface area is 272 Å². The Morgan fingerprint density at radius 3 is 2.34 bits per heavy atom. The van der Waals surface area contributed by atoms with Crippen molar-refractivity contribution in [2.75, 3.05) is 37.5 Å². The standard InChI is InChI=1S/C33H27ClF2N6O5/c1-18(43)40-16-26-27(17-40)42-30(25(15-38-42)39-31(44)19-4-11-28(46-2)20(12-19)14-37)32(45)41(26)23-8-5-21(6-9-23)33(35,36)22-7-10-24(34)29(13-22)47-3/h4-13,15,26-27H,16-17H2,1-3H3,(H,39,44)/t26-,27-/m0/s1. The zero-order chi connectivity index (χ0) is 33.6. The Kier molecular flexibility index (Phi) is 8.07. The number of anilines is 2. The molecular formula is C33H27ClF2N6O5. The SMILES string of the molecule is COc1cc(C(F)(F)c2ccc(N3C(=O)c4c(NC(=O)c5ccc(OC)c(C#N)c5)cnn4[C@H]4CN(C(C)=O)C[C@@H]43)cc2)ccc1Cl. The quantitative estimate of drug-likeness (QED) is 0.287. The molecule has 0 saturated carbocycles. The van der Waals surface area contributed by atoms with Gasteiger partial charge in [-0.15, -0.1) is 0 Å². The van der Waals surface area contributed by atoms with Gasteiger partial charge in [0.15, 0.2) is 5.69 Å². The van der Waals surface area contributed by atoms with E-state index in [1.54, 1.807) is 4.90 Å². The highest BCUT2D eigenvalue weighted by Gasteiger charge is 2.48.